The zero-order valence-electron chi connectivity index (χ0n) is 19.1. The fourth-order valence-electron chi connectivity index (χ4n) is 3.08. The van der Waals surface area contributed by atoms with Crippen molar-refractivity contribution < 1.29 is 4.74 Å². The first-order chi connectivity index (χ1) is 16.3. The summed E-state index contributed by atoms with van der Waals surface area (Å²) in [5, 5.41) is 0.395. The van der Waals surface area contributed by atoms with Crippen molar-refractivity contribution in [3.63, 3.8) is 0 Å². The first-order valence-corrected chi connectivity index (χ1v) is 11.1. The monoisotopic (exact) mass is 470 g/mol. The topological polar surface area (TPSA) is 80.8 Å². The number of hydrogen-bond donors (Lipinski definition) is 1. The fourth-order valence-corrected chi connectivity index (χ4v) is 3.34. The first-order valence-electron chi connectivity index (χ1n) is 10.7. The largest absolute Gasteiger partial charge is 0.486 e. The zero-order valence-corrected chi connectivity index (χ0v) is 19.8. The van der Waals surface area contributed by atoms with Crippen molar-refractivity contribution in [3.8, 4) is 40.4 Å². The van der Waals surface area contributed by atoms with Crippen molar-refractivity contribution in [2.75, 3.05) is 0 Å². The third-order valence-electron chi connectivity index (χ3n) is 4.69. The van der Waals surface area contributed by atoms with Crippen LogP contribution in [0.15, 0.2) is 71.7 Å². The Kier molecular flexibility index (Phi) is 6.76. The molecule has 7 heteroatoms. The predicted molar refractivity (Wildman–Crippen MR) is 133 cm³/mol. The molecule has 4 aromatic rings. The minimum absolute atomic E-state index is 0.0886. The van der Waals surface area contributed by atoms with Crippen LogP contribution in [-0.2, 0) is 6.61 Å². The minimum atomic E-state index is -0.535. The Morgan fingerprint density at radius 2 is 1.79 bits per heavy atom. The SMILES string of the molecule is CC(C)(C)C#Cc1ccc(-c2nc(-c3c(Cl)cccc3OCc3ccccn3)[nH]c(=O)n2)cc1. The van der Waals surface area contributed by atoms with E-state index in [2.05, 4.69) is 52.5 Å². The van der Waals surface area contributed by atoms with Crippen molar-refractivity contribution in [2.24, 2.45) is 5.41 Å². The highest BCUT2D eigenvalue weighted by Crippen LogP contribution is 2.35. The van der Waals surface area contributed by atoms with Gasteiger partial charge in [0.05, 0.1) is 16.3 Å². The molecule has 6 nitrogen and oxygen atoms in total. The van der Waals surface area contributed by atoms with Crippen molar-refractivity contribution in [1.82, 2.24) is 19.9 Å². The molecule has 0 aliphatic heterocycles. The number of benzene rings is 2. The molecule has 0 unspecified atom stereocenters. The molecule has 0 spiro atoms. The van der Waals surface area contributed by atoms with E-state index in [9.17, 15) is 4.79 Å². The Hall–Kier alpha value is -3.95. The summed E-state index contributed by atoms with van der Waals surface area (Å²) in [5.74, 6) is 7.39. The summed E-state index contributed by atoms with van der Waals surface area (Å²) in [5.41, 5.74) is 2.19. The number of nitrogens with one attached hydrogen (secondary N) is 1. The van der Waals surface area contributed by atoms with Crippen LogP contribution in [0.3, 0.4) is 0 Å². The Bertz CT molecular complexity index is 1410. The molecule has 2 heterocycles. The molecule has 4 rings (SSSR count). The molecule has 34 heavy (non-hydrogen) atoms. The number of rotatable bonds is 5. The molecule has 0 saturated heterocycles. The summed E-state index contributed by atoms with van der Waals surface area (Å²) >= 11 is 6.50. The van der Waals surface area contributed by atoms with Gasteiger partial charge >= 0.3 is 5.69 Å². The van der Waals surface area contributed by atoms with Crippen LogP contribution in [-0.4, -0.2) is 19.9 Å². The second-order valence-electron chi connectivity index (χ2n) is 8.63. The summed E-state index contributed by atoms with van der Waals surface area (Å²) in [6.45, 7) is 6.42. The van der Waals surface area contributed by atoms with Crippen LogP contribution in [0.2, 0.25) is 5.02 Å². The van der Waals surface area contributed by atoms with Gasteiger partial charge in [0, 0.05) is 22.7 Å². The standard InChI is InChI=1S/C27H23ClN4O2/c1-27(2,3)15-14-18-10-12-19(13-11-18)24-30-25(32-26(33)31-24)23-21(28)8-6-9-22(23)34-17-20-7-4-5-16-29-20/h4-13,16H,17H2,1-3H3,(H,30,31,32,33). The number of halogens is 1. The highest BCUT2D eigenvalue weighted by atomic mass is 35.5. The molecular formula is C27H23ClN4O2. The molecule has 0 amide bonds. The van der Waals surface area contributed by atoms with Crippen LogP contribution < -0.4 is 10.4 Å². The van der Waals surface area contributed by atoms with Gasteiger partial charge in [-0.25, -0.2) is 9.78 Å². The number of aromatic nitrogens is 4. The maximum Gasteiger partial charge on any atom is 0.348 e. The fraction of sp³-hybridized carbons (Fsp3) is 0.185. The Labute approximate surface area is 203 Å². The van der Waals surface area contributed by atoms with Gasteiger partial charge in [-0.2, -0.15) is 4.98 Å². The number of hydrogen-bond acceptors (Lipinski definition) is 5. The summed E-state index contributed by atoms with van der Waals surface area (Å²) < 4.78 is 5.97. The van der Waals surface area contributed by atoms with E-state index < -0.39 is 5.69 Å². The number of nitrogens with zero attached hydrogens (tertiary/aromatic N) is 3. The summed E-state index contributed by atoms with van der Waals surface area (Å²) in [7, 11) is 0. The molecule has 0 bridgehead atoms. The third-order valence-corrected chi connectivity index (χ3v) is 5.00. The lowest BCUT2D eigenvalue weighted by Gasteiger charge is -2.13. The summed E-state index contributed by atoms with van der Waals surface area (Å²) in [6, 6.07) is 18.3. The van der Waals surface area contributed by atoms with Crippen molar-refractivity contribution >= 4 is 11.6 Å². The molecule has 0 atom stereocenters. The van der Waals surface area contributed by atoms with Gasteiger partial charge in [-0.3, -0.25) is 9.97 Å². The Morgan fingerprint density at radius 3 is 2.50 bits per heavy atom. The van der Waals surface area contributed by atoms with E-state index in [1.807, 2.05) is 42.5 Å². The Balaban J connectivity index is 1.68. The maximum absolute atomic E-state index is 12.4. The maximum atomic E-state index is 12.4. The van der Waals surface area contributed by atoms with Crippen molar-refractivity contribution in [1.29, 1.82) is 0 Å². The first kappa shape index (κ1) is 23.2. The third kappa shape index (κ3) is 5.89. The lowest BCUT2D eigenvalue weighted by Crippen LogP contribution is -2.15. The van der Waals surface area contributed by atoms with E-state index in [1.165, 1.54) is 0 Å². The van der Waals surface area contributed by atoms with Gasteiger partial charge in [0.25, 0.3) is 0 Å². The number of pyridine rings is 1. The van der Waals surface area contributed by atoms with Crippen molar-refractivity contribution in [3.05, 3.63) is 93.6 Å². The number of H-pyrrole nitrogens is 1. The zero-order chi connectivity index (χ0) is 24.1. The lowest BCUT2D eigenvalue weighted by molar-refractivity contribution is 0.302. The molecule has 1 N–H and O–H groups in total. The highest BCUT2D eigenvalue weighted by molar-refractivity contribution is 6.33. The van der Waals surface area contributed by atoms with Crippen LogP contribution in [0.25, 0.3) is 22.8 Å². The van der Waals surface area contributed by atoms with Crippen LogP contribution in [0, 0.1) is 17.3 Å². The number of aromatic amines is 1. The molecule has 0 radical (unpaired) electrons. The van der Waals surface area contributed by atoms with E-state index in [1.54, 1.807) is 24.4 Å². The second kappa shape index (κ2) is 9.90. The van der Waals surface area contributed by atoms with E-state index >= 15 is 0 Å². The average Bonchev–Trinajstić information content (AvgIpc) is 2.81. The summed E-state index contributed by atoms with van der Waals surface area (Å²) in [6.07, 6.45) is 1.70. The van der Waals surface area contributed by atoms with E-state index in [0.717, 1.165) is 11.3 Å². The van der Waals surface area contributed by atoms with Gasteiger partial charge < -0.3 is 4.74 Å². The normalized spacial score (nSPS) is 10.9. The molecule has 0 aliphatic rings. The molecular weight excluding hydrogens is 448 g/mol. The molecule has 0 fully saturated rings. The van der Waals surface area contributed by atoms with Gasteiger partial charge in [-0.05, 0) is 69.3 Å². The second-order valence-corrected chi connectivity index (χ2v) is 9.03. The molecule has 170 valence electrons. The van der Waals surface area contributed by atoms with Crippen LogP contribution in [0.5, 0.6) is 5.75 Å². The van der Waals surface area contributed by atoms with Crippen LogP contribution in [0.1, 0.15) is 32.0 Å². The number of ether oxygens (including phenoxy) is 1. The van der Waals surface area contributed by atoms with E-state index in [-0.39, 0.29) is 23.7 Å². The molecule has 2 aromatic heterocycles. The van der Waals surface area contributed by atoms with Gasteiger partial charge in [0.1, 0.15) is 18.2 Å². The average molecular weight is 471 g/mol. The molecule has 2 aromatic carbocycles. The van der Waals surface area contributed by atoms with E-state index in [0.29, 0.717) is 21.9 Å². The van der Waals surface area contributed by atoms with Gasteiger partial charge in [-0.1, -0.05) is 35.6 Å². The van der Waals surface area contributed by atoms with Crippen molar-refractivity contribution in [2.45, 2.75) is 27.4 Å². The quantitative estimate of drug-likeness (QED) is 0.388. The molecule has 0 saturated carbocycles. The minimum Gasteiger partial charge on any atom is -0.486 e. The smallest absolute Gasteiger partial charge is 0.348 e. The summed E-state index contributed by atoms with van der Waals surface area (Å²) in [4.78, 5) is 28.0. The predicted octanol–water partition coefficient (Wildman–Crippen LogP) is 5.52. The van der Waals surface area contributed by atoms with E-state index in [4.69, 9.17) is 16.3 Å². The highest BCUT2D eigenvalue weighted by Gasteiger charge is 2.16. The molecule has 0 aliphatic carbocycles. The van der Waals surface area contributed by atoms with Crippen LogP contribution in [0.4, 0.5) is 0 Å². The van der Waals surface area contributed by atoms with Gasteiger partial charge in [-0.15, -0.1) is 0 Å². The Morgan fingerprint density at radius 1 is 1.00 bits per heavy atom. The van der Waals surface area contributed by atoms with Crippen LogP contribution >= 0.6 is 11.6 Å². The lowest BCUT2D eigenvalue weighted by atomic mass is 9.97. The van der Waals surface area contributed by atoms with Gasteiger partial charge in [0.2, 0.25) is 0 Å². The van der Waals surface area contributed by atoms with Gasteiger partial charge in [0.15, 0.2) is 5.82 Å².